The van der Waals surface area contributed by atoms with E-state index in [4.69, 9.17) is 0 Å². The van der Waals surface area contributed by atoms with Gasteiger partial charge in [-0.1, -0.05) is 18.7 Å². The zero-order valence-electron chi connectivity index (χ0n) is 8.30. The van der Waals surface area contributed by atoms with Crippen LogP contribution in [0.1, 0.15) is 15.9 Å². The molecule has 0 amide bonds. The van der Waals surface area contributed by atoms with Gasteiger partial charge in [0, 0.05) is 6.20 Å². The number of rotatable bonds is 2. The largest absolute Gasteiger partial charge is 0.465 e. The van der Waals surface area contributed by atoms with E-state index >= 15 is 0 Å². The first-order valence-corrected chi connectivity index (χ1v) is 4.44. The Bertz CT molecular complexity index is 528. The Hall–Kier alpha value is -2.10. The van der Waals surface area contributed by atoms with E-state index in [-0.39, 0.29) is 5.97 Å². The number of carbonyl (C=O) groups excluding carboxylic acids is 1. The topological polar surface area (TPSA) is 43.6 Å². The summed E-state index contributed by atoms with van der Waals surface area (Å²) >= 11 is 0. The average molecular weight is 202 g/mol. The van der Waals surface area contributed by atoms with Crippen molar-refractivity contribution >= 4 is 17.6 Å². The van der Waals surface area contributed by atoms with Gasteiger partial charge in [-0.25, -0.2) is 9.31 Å². The third-order valence-electron chi connectivity index (χ3n) is 2.18. The molecule has 0 saturated heterocycles. The summed E-state index contributed by atoms with van der Waals surface area (Å²) in [5, 5.41) is 4.06. The summed E-state index contributed by atoms with van der Waals surface area (Å²) in [7, 11) is 1.35. The molecule has 2 aromatic heterocycles. The van der Waals surface area contributed by atoms with Crippen LogP contribution in [0.4, 0.5) is 0 Å². The van der Waals surface area contributed by atoms with Gasteiger partial charge in [-0.2, -0.15) is 5.10 Å². The first kappa shape index (κ1) is 9.45. The molecule has 15 heavy (non-hydrogen) atoms. The van der Waals surface area contributed by atoms with E-state index in [9.17, 15) is 4.79 Å². The Morgan fingerprint density at radius 2 is 2.40 bits per heavy atom. The molecule has 0 N–H and O–H groups in total. The molecule has 0 fully saturated rings. The third-order valence-corrected chi connectivity index (χ3v) is 2.18. The minimum absolute atomic E-state index is 0.378. The summed E-state index contributed by atoms with van der Waals surface area (Å²) in [5.74, 6) is -0.378. The zero-order valence-corrected chi connectivity index (χ0v) is 8.30. The molecule has 0 aromatic carbocycles. The number of hydrogen-bond donors (Lipinski definition) is 0. The lowest BCUT2D eigenvalue weighted by molar-refractivity contribution is 0.0603. The summed E-state index contributed by atoms with van der Waals surface area (Å²) in [6, 6.07) is 3.69. The lowest BCUT2D eigenvalue weighted by Gasteiger charge is -1.98. The Labute approximate surface area is 86.8 Å². The Morgan fingerprint density at radius 1 is 1.60 bits per heavy atom. The van der Waals surface area contributed by atoms with Crippen LogP contribution in [-0.4, -0.2) is 22.7 Å². The minimum Gasteiger partial charge on any atom is -0.465 e. The summed E-state index contributed by atoms with van der Waals surface area (Å²) in [6.45, 7) is 3.66. The van der Waals surface area contributed by atoms with E-state index < -0.39 is 0 Å². The summed E-state index contributed by atoms with van der Waals surface area (Å²) in [5.41, 5.74) is 2.14. The zero-order chi connectivity index (χ0) is 10.8. The van der Waals surface area contributed by atoms with Gasteiger partial charge < -0.3 is 4.74 Å². The number of methoxy groups -OCH3 is 1. The molecule has 0 atom stereocenters. The molecule has 2 rings (SSSR count). The van der Waals surface area contributed by atoms with E-state index in [0.29, 0.717) is 5.56 Å². The lowest BCUT2D eigenvalue weighted by Crippen LogP contribution is -2.00. The standard InChI is InChI=1S/C11H10N2O2/c1-3-8-4-5-10-9(11(14)15-2)6-12-13(10)7-8/h3-7H,1H2,2H3. The third kappa shape index (κ3) is 1.50. The fraction of sp³-hybridized carbons (Fsp3) is 0.0909. The molecule has 0 radical (unpaired) electrons. The maximum Gasteiger partial charge on any atom is 0.341 e. The second kappa shape index (κ2) is 3.57. The van der Waals surface area contributed by atoms with Gasteiger partial charge in [0.05, 0.1) is 18.8 Å². The van der Waals surface area contributed by atoms with Crippen molar-refractivity contribution in [1.29, 1.82) is 0 Å². The molecule has 4 nitrogen and oxygen atoms in total. The van der Waals surface area contributed by atoms with Crippen molar-refractivity contribution < 1.29 is 9.53 Å². The molecule has 2 heterocycles. The summed E-state index contributed by atoms with van der Waals surface area (Å²) < 4.78 is 6.28. The number of aromatic nitrogens is 2. The Morgan fingerprint density at radius 3 is 3.07 bits per heavy atom. The molecule has 0 aliphatic carbocycles. The highest BCUT2D eigenvalue weighted by molar-refractivity contribution is 5.96. The second-order valence-electron chi connectivity index (χ2n) is 3.05. The van der Waals surface area contributed by atoms with Crippen molar-refractivity contribution in [2.24, 2.45) is 0 Å². The maximum absolute atomic E-state index is 11.3. The molecule has 4 heteroatoms. The van der Waals surface area contributed by atoms with Crippen molar-refractivity contribution in [2.45, 2.75) is 0 Å². The lowest BCUT2D eigenvalue weighted by atomic mass is 10.2. The summed E-state index contributed by atoms with van der Waals surface area (Å²) in [4.78, 5) is 11.3. The van der Waals surface area contributed by atoms with Gasteiger partial charge in [0.25, 0.3) is 0 Å². The molecule has 0 spiro atoms. The number of hydrogen-bond acceptors (Lipinski definition) is 3. The second-order valence-corrected chi connectivity index (χ2v) is 3.05. The van der Waals surface area contributed by atoms with Crippen LogP contribution in [0.2, 0.25) is 0 Å². The molecule has 0 unspecified atom stereocenters. The quantitative estimate of drug-likeness (QED) is 0.697. The molecule has 0 bridgehead atoms. The van der Waals surface area contributed by atoms with Crippen molar-refractivity contribution in [3.8, 4) is 0 Å². The van der Waals surface area contributed by atoms with Crippen molar-refractivity contribution in [2.75, 3.05) is 7.11 Å². The van der Waals surface area contributed by atoms with E-state index in [0.717, 1.165) is 11.1 Å². The maximum atomic E-state index is 11.3. The molecule has 0 aliphatic heterocycles. The predicted molar refractivity (Wildman–Crippen MR) is 56.6 cm³/mol. The van der Waals surface area contributed by atoms with Gasteiger partial charge in [0.1, 0.15) is 5.56 Å². The molecule has 76 valence electrons. The Balaban J connectivity index is 2.61. The van der Waals surface area contributed by atoms with Crippen LogP contribution >= 0.6 is 0 Å². The minimum atomic E-state index is -0.378. The first-order valence-electron chi connectivity index (χ1n) is 4.44. The van der Waals surface area contributed by atoms with Crippen molar-refractivity contribution in [3.05, 3.63) is 42.2 Å². The predicted octanol–water partition coefficient (Wildman–Crippen LogP) is 1.76. The summed E-state index contributed by atoms with van der Waals surface area (Å²) in [6.07, 6.45) is 5.02. The van der Waals surface area contributed by atoms with Gasteiger partial charge >= 0.3 is 5.97 Å². The molecular weight excluding hydrogens is 192 g/mol. The van der Waals surface area contributed by atoms with Crippen molar-refractivity contribution in [1.82, 2.24) is 9.61 Å². The van der Waals surface area contributed by atoms with Crippen LogP contribution in [0.5, 0.6) is 0 Å². The normalized spacial score (nSPS) is 10.2. The number of esters is 1. The van der Waals surface area contributed by atoms with Crippen LogP contribution in [0.25, 0.3) is 11.6 Å². The van der Waals surface area contributed by atoms with Gasteiger partial charge in [-0.3, -0.25) is 0 Å². The average Bonchev–Trinajstić information content (AvgIpc) is 2.70. The smallest absolute Gasteiger partial charge is 0.341 e. The Kier molecular flexibility index (Phi) is 2.25. The van der Waals surface area contributed by atoms with Gasteiger partial charge in [0.2, 0.25) is 0 Å². The number of ether oxygens (including phenoxy) is 1. The fourth-order valence-electron chi connectivity index (χ4n) is 1.39. The van der Waals surface area contributed by atoms with E-state index in [1.807, 2.05) is 12.1 Å². The molecule has 0 saturated carbocycles. The molecule has 2 aromatic rings. The monoisotopic (exact) mass is 202 g/mol. The number of pyridine rings is 1. The van der Waals surface area contributed by atoms with E-state index in [2.05, 4.69) is 16.4 Å². The van der Waals surface area contributed by atoms with Crippen LogP contribution in [-0.2, 0) is 4.74 Å². The SMILES string of the molecule is C=Cc1ccc2c(C(=O)OC)cnn2c1. The highest BCUT2D eigenvalue weighted by atomic mass is 16.5. The van der Waals surface area contributed by atoms with Crippen LogP contribution in [0.3, 0.4) is 0 Å². The van der Waals surface area contributed by atoms with Crippen molar-refractivity contribution in [3.63, 3.8) is 0 Å². The molecule has 0 aliphatic rings. The van der Waals surface area contributed by atoms with Crippen LogP contribution in [0.15, 0.2) is 31.1 Å². The van der Waals surface area contributed by atoms with Crippen LogP contribution in [0, 0.1) is 0 Å². The number of carbonyl (C=O) groups is 1. The van der Waals surface area contributed by atoms with Gasteiger partial charge in [-0.05, 0) is 11.6 Å². The highest BCUT2D eigenvalue weighted by Crippen LogP contribution is 2.13. The molecular formula is C11H10N2O2. The van der Waals surface area contributed by atoms with Crippen LogP contribution < -0.4 is 0 Å². The number of nitrogens with zero attached hydrogens (tertiary/aromatic N) is 2. The van der Waals surface area contributed by atoms with Gasteiger partial charge in [-0.15, -0.1) is 0 Å². The number of fused-ring (bicyclic) bond motifs is 1. The first-order chi connectivity index (χ1) is 7.26. The van der Waals surface area contributed by atoms with E-state index in [1.165, 1.54) is 13.3 Å². The fourth-order valence-corrected chi connectivity index (χ4v) is 1.39. The van der Waals surface area contributed by atoms with E-state index in [1.54, 1.807) is 16.8 Å². The highest BCUT2D eigenvalue weighted by Gasteiger charge is 2.12. The van der Waals surface area contributed by atoms with Gasteiger partial charge in [0.15, 0.2) is 0 Å².